The van der Waals surface area contributed by atoms with Crippen molar-refractivity contribution in [1.82, 2.24) is 9.88 Å². The summed E-state index contributed by atoms with van der Waals surface area (Å²) in [6.45, 7) is 3.85. The molecule has 1 aliphatic heterocycles. The van der Waals surface area contributed by atoms with E-state index in [1.807, 2.05) is 0 Å². The fraction of sp³-hybridized carbons (Fsp3) is 0.500. The predicted molar refractivity (Wildman–Crippen MR) is 60.1 cm³/mol. The topological polar surface area (TPSA) is 49.1 Å². The van der Waals surface area contributed by atoms with Gasteiger partial charge in [-0.1, -0.05) is 0 Å². The van der Waals surface area contributed by atoms with Gasteiger partial charge >= 0.3 is 0 Å². The molecule has 0 bridgehead atoms. The van der Waals surface area contributed by atoms with E-state index in [9.17, 15) is 0 Å². The van der Waals surface area contributed by atoms with Gasteiger partial charge in [0.15, 0.2) is 0 Å². The standard InChI is InChI=1S/C12H15N3O/c13-10-11-4-3-5-14-12(11)16-9-8-15-6-1-2-7-15/h3-5H,1-2,6-9H2. The molecule has 4 heteroatoms. The second-order valence-corrected chi connectivity index (χ2v) is 3.87. The molecule has 1 aliphatic rings. The van der Waals surface area contributed by atoms with Crippen LogP contribution in [0.15, 0.2) is 18.3 Å². The summed E-state index contributed by atoms with van der Waals surface area (Å²) in [4.78, 5) is 6.42. The number of nitriles is 1. The number of nitrogens with zero attached hydrogens (tertiary/aromatic N) is 3. The Hall–Kier alpha value is -1.60. The SMILES string of the molecule is N#Cc1cccnc1OCCN1CCCC1. The highest BCUT2D eigenvalue weighted by molar-refractivity contribution is 5.36. The largest absolute Gasteiger partial charge is 0.475 e. The van der Waals surface area contributed by atoms with Crippen molar-refractivity contribution in [3.63, 3.8) is 0 Å². The highest BCUT2D eigenvalue weighted by atomic mass is 16.5. The van der Waals surface area contributed by atoms with Gasteiger partial charge in [0.25, 0.3) is 0 Å². The average Bonchev–Trinajstić information content (AvgIpc) is 2.83. The number of likely N-dealkylation sites (tertiary alicyclic amines) is 1. The summed E-state index contributed by atoms with van der Waals surface area (Å²) >= 11 is 0. The second kappa shape index (κ2) is 5.47. The summed E-state index contributed by atoms with van der Waals surface area (Å²) in [7, 11) is 0. The van der Waals surface area contributed by atoms with Gasteiger partial charge in [0.2, 0.25) is 5.88 Å². The van der Waals surface area contributed by atoms with Crippen molar-refractivity contribution in [2.45, 2.75) is 12.8 Å². The van der Waals surface area contributed by atoms with Crippen molar-refractivity contribution < 1.29 is 4.74 Å². The quantitative estimate of drug-likeness (QED) is 0.765. The third-order valence-electron chi connectivity index (χ3n) is 2.74. The summed E-state index contributed by atoms with van der Waals surface area (Å²) in [5.41, 5.74) is 0.504. The minimum Gasteiger partial charge on any atom is -0.475 e. The number of hydrogen-bond donors (Lipinski definition) is 0. The molecule has 4 nitrogen and oxygen atoms in total. The first-order chi connectivity index (χ1) is 7.90. The predicted octanol–water partition coefficient (Wildman–Crippen LogP) is 1.43. The number of aromatic nitrogens is 1. The molecule has 16 heavy (non-hydrogen) atoms. The number of hydrogen-bond acceptors (Lipinski definition) is 4. The van der Waals surface area contributed by atoms with E-state index < -0.39 is 0 Å². The third-order valence-corrected chi connectivity index (χ3v) is 2.74. The summed E-state index contributed by atoms with van der Waals surface area (Å²) in [5.74, 6) is 0.448. The lowest BCUT2D eigenvalue weighted by Gasteiger charge is -2.14. The fourth-order valence-corrected chi connectivity index (χ4v) is 1.87. The Bertz CT molecular complexity index is 380. The van der Waals surface area contributed by atoms with Crippen LogP contribution in [0, 0.1) is 11.3 Å². The molecule has 2 rings (SSSR count). The number of rotatable bonds is 4. The molecule has 1 aromatic heterocycles. The Labute approximate surface area is 95.5 Å². The molecular weight excluding hydrogens is 202 g/mol. The smallest absolute Gasteiger partial charge is 0.231 e. The molecule has 2 heterocycles. The molecule has 1 fully saturated rings. The summed E-state index contributed by atoms with van der Waals surface area (Å²) in [5, 5.41) is 8.85. The van der Waals surface area contributed by atoms with E-state index in [2.05, 4.69) is 16.0 Å². The molecule has 0 atom stereocenters. The van der Waals surface area contributed by atoms with E-state index in [0.29, 0.717) is 18.1 Å². The first-order valence-electron chi connectivity index (χ1n) is 5.60. The van der Waals surface area contributed by atoms with Crippen LogP contribution in [-0.4, -0.2) is 36.1 Å². The molecule has 0 saturated carbocycles. The number of pyridine rings is 1. The van der Waals surface area contributed by atoms with Crippen LogP contribution in [0.2, 0.25) is 0 Å². The molecule has 0 unspecified atom stereocenters. The van der Waals surface area contributed by atoms with Crippen molar-refractivity contribution in [1.29, 1.82) is 5.26 Å². The van der Waals surface area contributed by atoms with E-state index in [1.165, 1.54) is 12.8 Å². The van der Waals surface area contributed by atoms with Crippen LogP contribution in [0.1, 0.15) is 18.4 Å². The molecule has 0 N–H and O–H groups in total. The van der Waals surface area contributed by atoms with Gasteiger partial charge < -0.3 is 4.74 Å². The van der Waals surface area contributed by atoms with Crippen molar-refractivity contribution in [2.24, 2.45) is 0 Å². The maximum Gasteiger partial charge on any atom is 0.231 e. The molecule has 1 aromatic rings. The van der Waals surface area contributed by atoms with Crippen molar-refractivity contribution in [2.75, 3.05) is 26.2 Å². The van der Waals surface area contributed by atoms with Gasteiger partial charge in [0.1, 0.15) is 18.2 Å². The second-order valence-electron chi connectivity index (χ2n) is 3.87. The molecule has 0 radical (unpaired) electrons. The number of ether oxygens (including phenoxy) is 1. The maximum atomic E-state index is 8.85. The Kier molecular flexibility index (Phi) is 3.73. The van der Waals surface area contributed by atoms with E-state index in [1.54, 1.807) is 18.3 Å². The van der Waals surface area contributed by atoms with E-state index in [4.69, 9.17) is 10.00 Å². The Balaban J connectivity index is 1.82. The van der Waals surface area contributed by atoms with E-state index in [0.717, 1.165) is 19.6 Å². The van der Waals surface area contributed by atoms with Crippen molar-refractivity contribution in [3.05, 3.63) is 23.9 Å². The summed E-state index contributed by atoms with van der Waals surface area (Å²) < 4.78 is 5.51. The molecule has 0 aliphatic carbocycles. The van der Waals surface area contributed by atoms with Crippen LogP contribution in [0.4, 0.5) is 0 Å². The minimum atomic E-state index is 0.448. The Morgan fingerprint density at radius 1 is 1.44 bits per heavy atom. The zero-order chi connectivity index (χ0) is 11.2. The lowest BCUT2D eigenvalue weighted by molar-refractivity contribution is 0.231. The monoisotopic (exact) mass is 217 g/mol. The molecule has 0 amide bonds. The molecule has 1 saturated heterocycles. The molecular formula is C12H15N3O. The van der Waals surface area contributed by atoms with Gasteiger partial charge in [0.05, 0.1) is 0 Å². The Morgan fingerprint density at radius 2 is 2.25 bits per heavy atom. The third kappa shape index (κ3) is 2.71. The van der Waals surface area contributed by atoms with Crippen molar-refractivity contribution in [3.8, 4) is 11.9 Å². The van der Waals surface area contributed by atoms with Crippen LogP contribution in [0.25, 0.3) is 0 Å². The van der Waals surface area contributed by atoms with Gasteiger partial charge in [-0.15, -0.1) is 0 Å². The van der Waals surface area contributed by atoms with Gasteiger partial charge in [-0.05, 0) is 38.1 Å². The van der Waals surface area contributed by atoms with E-state index >= 15 is 0 Å². The maximum absolute atomic E-state index is 8.85. The molecule has 0 aromatic carbocycles. The Morgan fingerprint density at radius 3 is 3.00 bits per heavy atom. The fourth-order valence-electron chi connectivity index (χ4n) is 1.87. The van der Waals surface area contributed by atoms with Crippen LogP contribution >= 0.6 is 0 Å². The summed E-state index contributed by atoms with van der Waals surface area (Å²) in [6.07, 6.45) is 4.21. The van der Waals surface area contributed by atoms with Crippen LogP contribution in [-0.2, 0) is 0 Å². The van der Waals surface area contributed by atoms with Gasteiger partial charge in [-0.3, -0.25) is 4.90 Å². The minimum absolute atomic E-state index is 0.448. The van der Waals surface area contributed by atoms with Crippen LogP contribution in [0.3, 0.4) is 0 Å². The van der Waals surface area contributed by atoms with Crippen LogP contribution < -0.4 is 4.74 Å². The van der Waals surface area contributed by atoms with E-state index in [-0.39, 0.29) is 0 Å². The van der Waals surface area contributed by atoms with Gasteiger partial charge in [0, 0.05) is 12.7 Å². The highest BCUT2D eigenvalue weighted by Crippen LogP contribution is 2.13. The first-order valence-corrected chi connectivity index (χ1v) is 5.60. The average molecular weight is 217 g/mol. The van der Waals surface area contributed by atoms with Crippen LogP contribution in [0.5, 0.6) is 5.88 Å². The van der Waals surface area contributed by atoms with Crippen molar-refractivity contribution >= 4 is 0 Å². The zero-order valence-electron chi connectivity index (χ0n) is 9.22. The highest BCUT2D eigenvalue weighted by Gasteiger charge is 2.11. The lowest BCUT2D eigenvalue weighted by Crippen LogP contribution is -2.25. The zero-order valence-corrected chi connectivity index (χ0v) is 9.22. The normalized spacial score (nSPS) is 15.9. The molecule has 0 spiro atoms. The first kappa shape index (κ1) is 10.9. The molecule has 84 valence electrons. The van der Waals surface area contributed by atoms with Gasteiger partial charge in [-0.2, -0.15) is 5.26 Å². The summed E-state index contributed by atoms with van der Waals surface area (Å²) in [6, 6.07) is 5.54. The lowest BCUT2D eigenvalue weighted by atomic mass is 10.3. The van der Waals surface area contributed by atoms with Gasteiger partial charge in [-0.25, -0.2) is 4.98 Å².